The number of rotatable bonds is 5. The summed E-state index contributed by atoms with van der Waals surface area (Å²) in [5, 5.41) is 9.23. The number of ether oxygens (including phenoxy) is 4. The molecule has 1 fully saturated rings. The number of hydrogen-bond acceptors (Lipinski definition) is 5. The summed E-state index contributed by atoms with van der Waals surface area (Å²) >= 11 is 0. The van der Waals surface area contributed by atoms with E-state index in [0.717, 1.165) is 0 Å². The van der Waals surface area contributed by atoms with Gasteiger partial charge < -0.3 is 24.1 Å². The Morgan fingerprint density at radius 1 is 1.20 bits per heavy atom. The van der Waals surface area contributed by atoms with Crippen LogP contribution in [0.2, 0.25) is 0 Å². The Kier molecular flexibility index (Phi) is 4.34. The van der Waals surface area contributed by atoms with E-state index in [4.69, 9.17) is 18.9 Å². The molecule has 1 aromatic carbocycles. The zero-order valence-corrected chi connectivity index (χ0v) is 11.7. The first kappa shape index (κ1) is 14.5. The molecular weight excluding hydrogens is 264 g/mol. The molecule has 6 nitrogen and oxygen atoms in total. The van der Waals surface area contributed by atoms with Crippen molar-refractivity contribution in [2.24, 2.45) is 5.92 Å². The maximum Gasteiger partial charge on any atom is 0.309 e. The van der Waals surface area contributed by atoms with E-state index in [0.29, 0.717) is 35.8 Å². The van der Waals surface area contributed by atoms with E-state index in [1.165, 1.54) is 21.3 Å². The zero-order chi connectivity index (χ0) is 14.7. The van der Waals surface area contributed by atoms with Gasteiger partial charge in [0.25, 0.3) is 0 Å². The van der Waals surface area contributed by atoms with Crippen LogP contribution in [0.1, 0.15) is 18.1 Å². The molecule has 0 saturated carbocycles. The molecule has 0 amide bonds. The lowest BCUT2D eigenvalue weighted by molar-refractivity contribution is -0.143. The molecule has 0 bridgehead atoms. The third-order valence-electron chi connectivity index (χ3n) is 3.42. The highest BCUT2D eigenvalue weighted by atomic mass is 16.5. The Bertz CT molecular complexity index is 473. The van der Waals surface area contributed by atoms with Crippen LogP contribution in [-0.2, 0) is 9.53 Å². The van der Waals surface area contributed by atoms with Crippen molar-refractivity contribution >= 4 is 5.97 Å². The van der Waals surface area contributed by atoms with Gasteiger partial charge in [-0.1, -0.05) is 0 Å². The number of methoxy groups -OCH3 is 3. The summed E-state index contributed by atoms with van der Waals surface area (Å²) in [5.74, 6) is 0.0330. The zero-order valence-electron chi connectivity index (χ0n) is 11.7. The molecule has 1 aliphatic rings. The molecule has 0 aliphatic carbocycles. The van der Waals surface area contributed by atoms with Gasteiger partial charge in [-0.15, -0.1) is 0 Å². The fraction of sp³-hybridized carbons (Fsp3) is 0.500. The average molecular weight is 282 g/mol. The Morgan fingerprint density at radius 2 is 1.80 bits per heavy atom. The third-order valence-corrected chi connectivity index (χ3v) is 3.42. The maximum absolute atomic E-state index is 11.3. The molecule has 1 saturated heterocycles. The van der Waals surface area contributed by atoms with Crippen molar-refractivity contribution in [2.45, 2.75) is 12.5 Å². The van der Waals surface area contributed by atoms with Gasteiger partial charge in [0.15, 0.2) is 11.5 Å². The van der Waals surface area contributed by atoms with E-state index in [-0.39, 0.29) is 0 Å². The van der Waals surface area contributed by atoms with E-state index in [1.54, 1.807) is 12.1 Å². The quantitative estimate of drug-likeness (QED) is 0.888. The lowest BCUT2D eigenvalue weighted by Gasteiger charge is -2.19. The first-order valence-corrected chi connectivity index (χ1v) is 6.26. The number of carboxylic acid groups (broad SMARTS) is 1. The van der Waals surface area contributed by atoms with Crippen LogP contribution in [0, 0.1) is 5.92 Å². The van der Waals surface area contributed by atoms with E-state index < -0.39 is 18.0 Å². The van der Waals surface area contributed by atoms with Crippen molar-refractivity contribution in [3.8, 4) is 17.2 Å². The summed E-state index contributed by atoms with van der Waals surface area (Å²) in [6.45, 7) is 0.429. The van der Waals surface area contributed by atoms with Gasteiger partial charge in [-0.25, -0.2) is 0 Å². The molecule has 6 heteroatoms. The van der Waals surface area contributed by atoms with Crippen LogP contribution in [0.25, 0.3) is 0 Å². The Hall–Kier alpha value is -1.95. The highest BCUT2D eigenvalue weighted by Gasteiger charge is 2.36. The molecule has 2 rings (SSSR count). The topological polar surface area (TPSA) is 74.2 Å². The molecule has 0 radical (unpaired) electrons. The molecule has 2 atom stereocenters. The lowest BCUT2D eigenvalue weighted by atomic mass is 9.95. The minimum atomic E-state index is -0.860. The molecule has 1 aromatic rings. The first-order chi connectivity index (χ1) is 9.62. The predicted octanol–water partition coefficient (Wildman–Crippen LogP) is 1.87. The van der Waals surface area contributed by atoms with Crippen molar-refractivity contribution in [3.63, 3.8) is 0 Å². The minimum Gasteiger partial charge on any atom is -0.493 e. The number of carbonyl (C=O) groups is 1. The lowest BCUT2D eigenvalue weighted by Crippen LogP contribution is -2.17. The van der Waals surface area contributed by atoms with Crippen LogP contribution >= 0.6 is 0 Å². The van der Waals surface area contributed by atoms with Crippen molar-refractivity contribution < 1.29 is 28.8 Å². The molecular formula is C14H18O6. The molecule has 1 heterocycles. The SMILES string of the molecule is COc1cc(C2OCCC2C(=O)O)cc(OC)c1OC. The first-order valence-electron chi connectivity index (χ1n) is 6.26. The normalized spacial score (nSPS) is 21.6. The standard InChI is InChI=1S/C14H18O6/c1-17-10-6-8(7-11(18-2)13(10)19-3)12-9(14(15)16)4-5-20-12/h6-7,9,12H,4-5H2,1-3H3,(H,15,16). The Morgan fingerprint density at radius 3 is 2.25 bits per heavy atom. The molecule has 20 heavy (non-hydrogen) atoms. The van der Waals surface area contributed by atoms with Gasteiger partial charge in [0.2, 0.25) is 5.75 Å². The fourth-order valence-corrected chi connectivity index (χ4v) is 2.44. The van der Waals surface area contributed by atoms with Crippen molar-refractivity contribution in [1.82, 2.24) is 0 Å². The highest BCUT2D eigenvalue weighted by Crippen LogP contribution is 2.43. The monoisotopic (exact) mass is 282 g/mol. The number of benzene rings is 1. The van der Waals surface area contributed by atoms with Crippen LogP contribution in [0.3, 0.4) is 0 Å². The molecule has 0 spiro atoms. The van der Waals surface area contributed by atoms with Crippen LogP contribution in [0.5, 0.6) is 17.2 Å². The number of hydrogen-bond donors (Lipinski definition) is 1. The van der Waals surface area contributed by atoms with Gasteiger partial charge in [-0.05, 0) is 24.1 Å². The maximum atomic E-state index is 11.3. The summed E-state index contributed by atoms with van der Waals surface area (Å²) < 4.78 is 21.3. The van der Waals surface area contributed by atoms with Crippen LogP contribution in [-0.4, -0.2) is 39.0 Å². The van der Waals surface area contributed by atoms with Gasteiger partial charge in [0, 0.05) is 6.61 Å². The summed E-state index contributed by atoms with van der Waals surface area (Å²) in [5.41, 5.74) is 0.712. The second kappa shape index (κ2) is 6.00. The second-order valence-corrected chi connectivity index (χ2v) is 4.48. The third kappa shape index (κ3) is 2.51. The molecule has 1 N–H and O–H groups in total. The van der Waals surface area contributed by atoms with Gasteiger partial charge in [0.05, 0.1) is 33.4 Å². The molecule has 0 aromatic heterocycles. The van der Waals surface area contributed by atoms with Gasteiger partial charge in [-0.2, -0.15) is 0 Å². The Balaban J connectivity index is 2.44. The van der Waals surface area contributed by atoms with Crippen LogP contribution in [0.4, 0.5) is 0 Å². The van der Waals surface area contributed by atoms with Crippen molar-refractivity contribution in [3.05, 3.63) is 17.7 Å². The number of aliphatic carboxylic acids is 1. The van der Waals surface area contributed by atoms with E-state index >= 15 is 0 Å². The van der Waals surface area contributed by atoms with Crippen molar-refractivity contribution in [2.75, 3.05) is 27.9 Å². The fourth-order valence-electron chi connectivity index (χ4n) is 2.44. The minimum absolute atomic E-state index is 0.429. The average Bonchev–Trinajstić information content (AvgIpc) is 2.95. The highest BCUT2D eigenvalue weighted by molar-refractivity contribution is 5.71. The molecule has 2 unspecified atom stereocenters. The predicted molar refractivity (Wildman–Crippen MR) is 70.5 cm³/mol. The van der Waals surface area contributed by atoms with Gasteiger partial charge in [-0.3, -0.25) is 4.79 Å². The van der Waals surface area contributed by atoms with E-state index in [9.17, 15) is 9.90 Å². The van der Waals surface area contributed by atoms with E-state index in [2.05, 4.69) is 0 Å². The molecule has 1 aliphatic heterocycles. The van der Waals surface area contributed by atoms with Crippen LogP contribution in [0.15, 0.2) is 12.1 Å². The van der Waals surface area contributed by atoms with Gasteiger partial charge in [0.1, 0.15) is 0 Å². The number of carboxylic acids is 1. The second-order valence-electron chi connectivity index (χ2n) is 4.48. The Labute approximate surface area is 117 Å². The van der Waals surface area contributed by atoms with Gasteiger partial charge >= 0.3 is 5.97 Å². The molecule has 110 valence electrons. The summed E-state index contributed by atoms with van der Waals surface area (Å²) in [7, 11) is 4.56. The van der Waals surface area contributed by atoms with Crippen molar-refractivity contribution in [1.29, 1.82) is 0 Å². The van der Waals surface area contributed by atoms with Crippen LogP contribution < -0.4 is 14.2 Å². The summed E-state index contributed by atoms with van der Waals surface area (Å²) in [6, 6.07) is 3.46. The largest absolute Gasteiger partial charge is 0.493 e. The summed E-state index contributed by atoms with van der Waals surface area (Å²) in [6.07, 6.45) is -0.00220. The smallest absolute Gasteiger partial charge is 0.309 e. The van der Waals surface area contributed by atoms with E-state index in [1.807, 2.05) is 0 Å². The summed E-state index contributed by atoms with van der Waals surface area (Å²) in [4.78, 5) is 11.3.